The van der Waals surface area contributed by atoms with E-state index in [9.17, 15) is 14.4 Å². The first kappa shape index (κ1) is 29.6. The minimum absolute atomic E-state index is 0.103. The highest BCUT2D eigenvalue weighted by Crippen LogP contribution is 2.49. The minimum atomic E-state index is -1.59. The number of ketones is 1. The number of aliphatic hydroxyl groups is 2. The van der Waals surface area contributed by atoms with Gasteiger partial charge in [0.05, 0.1) is 27.6 Å². The first-order valence-electron chi connectivity index (χ1n) is 12.6. The smallest absolute Gasteiger partial charge is 0.331 e. The fraction of sp³-hybridized carbons (Fsp3) is 0.444. The van der Waals surface area contributed by atoms with Crippen LogP contribution < -0.4 is 5.32 Å². The summed E-state index contributed by atoms with van der Waals surface area (Å²) in [5, 5.41) is 21.2. The number of aromatic nitrogens is 1. The Kier molecular flexibility index (Phi) is 9.77. The topological polar surface area (TPSA) is 138 Å². The zero-order valence-electron chi connectivity index (χ0n) is 20.9. The van der Waals surface area contributed by atoms with Crippen LogP contribution in [0.25, 0.3) is 0 Å². The fourth-order valence-electron chi connectivity index (χ4n) is 4.98. The van der Waals surface area contributed by atoms with Crippen molar-refractivity contribution < 1.29 is 29.3 Å². The Morgan fingerprint density at radius 3 is 2.38 bits per heavy atom. The van der Waals surface area contributed by atoms with Crippen molar-refractivity contribution in [3.63, 3.8) is 0 Å². The van der Waals surface area contributed by atoms with E-state index in [-0.39, 0.29) is 40.8 Å². The van der Waals surface area contributed by atoms with Crippen molar-refractivity contribution >= 4 is 68.2 Å². The lowest BCUT2D eigenvalue weighted by molar-refractivity contribution is -0.147. The molecule has 3 N–H and O–H groups in total. The van der Waals surface area contributed by atoms with E-state index < -0.39 is 34.5 Å². The highest BCUT2D eigenvalue weighted by Gasteiger charge is 2.58. The zero-order chi connectivity index (χ0) is 28.2. The third kappa shape index (κ3) is 6.69. The van der Waals surface area contributed by atoms with Crippen molar-refractivity contribution in [2.45, 2.75) is 62.1 Å². The molecule has 1 heterocycles. The van der Waals surface area contributed by atoms with Crippen LogP contribution in [0.15, 0.2) is 41.7 Å². The van der Waals surface area contributed by atoms with Gasteiger partial charge in [0.1, 0.15) is 4.83 Å². The zero-order valence-corrected chi connectivity index (χ0v) is 24.0. The highest BCUT2D eigenvalue weighted by atomic mass is 79.9. The Labute approximate surface area is 244 Å². The van der Waals surface area contributed by atoms with E-state index in [1.54, 1.807) is 24.3 Å². The maximum absolute atomic E-state index is 13.0. The van der Waals surface area contributed by atoms with E-state index >= 15 is 0 Å². The number of pyridine rings is 1. The number of amides is 1. The van der Waals surface area contributed by atoms with E-state index in [2.05, 4.69) is 26.2 Å². The largest absolute Gasteiger partial charge is 0.464 e. The molecule has 0 radical (unpaired) electrons. The Bertz CT molecular complexity index is 1240. The number of nitrogens with zero attached hydrogens (tertiary/aromatic N) is 2. The molecule has 39 heavy (non-hydrogen) atoms. The van der Waals surface area contributed by atoms with Gasteiger partial charge in [-0.25, -0.2) is 4.79 Å². The third-order valence-corrected chi connectivity index (χ3v) is 8.47. The number of ether oxygens (including phenoxy) is 1. The molecule has 2 aromatic rings. The van der Waals surface area contributed by atoms with Crippen molar-refractivity contribution in [1.82, 2.24) is 4.98 Å². The molecule has 2 aliphatic carbocycles. The van der Waals surface area contributed by atoms with Gasteiger partial charge in [-0.05, 0) is 30.5 Å². The molecule has 1 spiro atoms. The van der Waals surface area contributed by atoms with Gasteiger partial charge in [-0.1, -0.05) is 70.5 Å². The second-order valence-corrected chi connectivity index (χ2v) is 11.4. The van der Waals surface area contributed by atoms with Crippen LogP contribution in [-0.4, -0.2) is 62.3 Å². The number of benzene rings is 1. The van der Waals surface area contributed by atoms with Crippen LogP contribution in [0.2, 0.25) is 10.0 Å². The van der Waals surface area contributed by atoms with Gasteiger partial charge in [0.2, 0.25) is 0 Å². The number of carbonyl (C=O) groups excluding carboxylic acids is 3. The van der Waals surface area contributed by atoms with Gasteiger partial charge in [0, 0.05) is 36.6 Å². The Morgan fingerprint density at radius 1 is 1.13 bits per heavy atom. The number of aliphatic hydroxyl groups excluding tert-OH is 1. The summed E-state index contributed by atoms with van der Waals surface area (Å²) < 4.78 is 5.29. The van der Waals surface area contributed by atoms with Crippen LogP contribution in [0.1, 0.15) is 54.4 Å². The first-order chi connectivity index (χ1) is 18.6. The van der Waals surface area contributed by atoms with Gasteiger partial charge in [0.25, 0.3) is 5.91 Å². The average molecular weight is 641 g/mol. The quantitative estimate of drug-likeness (QED) is 0.208. The molecule has 0 aliphatic heterocycles. The number of alkyl halides is 1. The molecule has 2 saturated carbocycles. The molecule has 4 rings (SSSR count). The van der Waals surface area contributed by atoms with Crippen LogP contribution in [0.3, 0.4) is 0 Å². The number of hydrogen-bond donors (Lipinski definition) is 3. The van der Waals surface area contributed by atoms with Gasteiger partial charge in [-0.3, -0.25) is 19.6 Å². The molecule has 1 aromatic carbocycles. The fourth-order valence-corrected chi connectivity index (χ4v) is 6.52. The summed E-state index contributed by atoms with van der Waals surface area (Å²) in [5.41, 5.74) is 1.39. The van der Waals surface area contributed by atoms with Crippen LogP contribution in [-0.2, 0) is 20.7 Å². The third-order valence-electron chi connectivity index (χ3n) is 7.05. The van der Waals surface area contributed by atoms with Crippen molar-refractivity contribution in [3.05, 3.63) is 57.8 Å². The molecule has 2 fully saturated rings. The summed E-state index contributed by atoms with van der Waals surface area (Å²) in [6.07, 6.45) is 5.47. The van der Waals surface area contributed by atoms with Gasteiger partial charge >= 0.3 is 5.97 Å². The highest BCUT2D eigenvalue weighted by molar-refractivity contribution is 9.10. The monoisotopic (exact) mass is 639 g/mol. The van der Waals surface area contributed by atoms with Crippen LogP contribution in [0.4, 0.5) is 5.69 Å². The number of hydrogen-bond acceptors (Lipinski definition) is 8. The molecule has 2 atom stereocenters. The number of esters is 1. The van der Waals surface area contributed by atoms with Crippen LogP contribution in [0.5, 0.6) is 0 Å². The average Bonchev–Trinajstić information content (AvgIpc) is 2.91. The second-order valence-electron chi connectivity index (χ2n) is 9.67. The van der Waals surface area contributed by atoms with Crippen molar-refractivity contribution in [2.75, 3.05) is 11.9 Å². The summed E-state index contributed by atoms with van der Waals surface area (Å²) in [5.74, 6) is -1.01. The number of carbonyl (C=O) groups is 3. The Balaban J connectivity index is 1.52. The van der Waals surface area contributed by atoms with Crippen LogP contribution in [0, 0.1) is 5.41 Å². The standard InChI is InChI=1S/C27H28BrCl2N3O6/c28-22-23(27(24(22)36)9-2-1-3-10-27)33-19(26(38)39-11-8-20(34)35)12-15-4-6-16(7-5-15)32-25(37)21-17(29)13-31-14-18(21)30/h4-7,13-14,19-20,22,34-35H,1-3,8-12H2,(H,32,37)/t19-,22?/m0/s1. The molecule has 0 bridgehead atoms. The van der Waals surface area contributed by atoms with Crippen molar-refractivity contribution in [1.29, 1.82) is 0 Å². The number of rotatable bonds is 9. The summed E-state index contributed by atoms with van der Waals surface area (Å²) in [7, 11) is 0. The summed E-state index contributed by atoms with van der Waals surface area (Å²) in [6.45, 7) is -0.176. The van der Waals surface area contributed by atoms with Crippen molar-refractivity contribution in [3.8, 4) is 0 Å². The summed E-state index contributed by atoms with van der Waals surface area (Å²) in [4.78, 5) is 46.6. The number of Topliss-reactive ketones (excluding diaryl/α,β-unsaturated/α-hetero) is 1. The van der Waals surface area contributed by atoms with E-state index in [4.69, 9.17) is 43.1 Å². The van der Waals surface area contributed by atoms with Gasteiger partial charge < -0.3 is 20.3 Å². The maximum atomic E-state index is 13.0. The molecule has 1 unspecified atom stereocenters. The van der Waals surface area contributed by atoms with E-state index in [0.29, 0.717) is 24.2 Å². The summed E-state index contributed by atoms with van der Waals surface area (Å²) in [6, 6.07) is 5.92. The maximum Gasteiger partial charge on any atom is 0.331 e. The summed E-state index contributed by atoms with van der Waals surface area (Å²) >= 11 is 15.6. The molecular weight excluding hydrogens is 613 g/mol. The number of aliphatic imine (C=N–C) groups is 1. The van der Waals surface area contributed by atoms with Gasteiger partial charge in [-0.15, -0.1) is 0 Å². The number of anilines is 1. The normalized spacial score (nSPS) is 20.1. The van der Waals surface area contributed by atoms with E-state index in [0.717, 1.165) is 24.8 Å². The van der Waals surface area contributed by atoms with Crippen LogP contribution >= 0.6 is 39.1 Å². The molecule has 1 aromatic heterocycles. The molecule has 1 amide bonds. The predicted molar refractivity (Wildman–Crippen MR) is 151 cm³/mol. The number of nitrogens with one attached hydrogen (secondary N) is 1. The molecule has 12 heteroatoms. The first-order valence-corrected chi connectivity index (χ1v) is 14.3. The number of halogens is 3. The Morgan fingerprint density at radius 2 is 1.77 bits per heavy atom. The van der Waals surface area contributed by atoms with Crippen molar-refractivity contribution in [2.24, 2.45) is 10.4 Å². The lowest BCUT2D eigenvalue weighted by Crippen LogP contribution is -2.61. The van der Waals surface area contributed by atoms with Gasteiger partial charge in [-0.2, -0.15) is 0 Å². The molecule has 208 valence electrons. The second kappa shape index (κ2) is 12.9. The molecule has 9 nitrogen and oxygen atoms in total. The van der Waals surface area contributed by atoms with E-state index in [1.807, 2.05) is 0 Å². The van der Waals surface area contributed by atoms with E-state index in [1.165, 1.54) is 12.4 Å². The molecule has 0 saturated heterocycles. The lowest BCUT2D eigenvalue weighted by atomic mass is 9.58. The molecule has 2 aliphatic rings. The Hall–Kier alpha value is -2.37. The predicted octanol–water partition coefficient (Wildman–Crippen LogP) is 4.53. The van der Waals surface area contributed by atoms with Gasteiger partial charge in [0.15, 0.2) is 18.1 Å². The molecular formula is C27H28BrCl2N3O6. The SMILES string of the molecule is O=C(Nc1ccc(C[C@H](N=C2C(Br)C(=O)C23CCCCC3)C(=O)OCCC(O)O)cc1)c1c(Cl)cncc1Cl. The lowest BCUT2D eigenvalue weighted by Gasteiger charge is -2.48. The minimum Gasteiger partial charge on any atom is -0.464 e.